The first kappa shape index (κ1) is 28.3. The normalized spacial score (nSPS) is 11.1. The number of esters is 2. The number of fused-ring (bicyclic) bond motifs is 2. The Bertz CT molecular complexity index is 1620. The van der Waals surface area contributed by atoms with Gasteiger partial charge in [0, 0.05) is 28.2 Å². The predicted octanol–water partition coefficient (Wildman–Crippen LogP) is 6.56. The largest absolute Gasteiger partial charge is 0.507 e. The molecule has 8 nitrogen and oxygen atoms in total. The number of carbonyl (C=O) groups is 2. The van der Waals surface area contributed by atoms with E-state index in [1.807, 2.05) is 0 Å². The number of rotatable bonds is 8. The molecule has 5 rings (SSSR count). The van der Waals surface area contributed by atoms with Crippen molar-refractivity contribution in [3.05, 3.63) is 107 Å². The Labute approximate surface area is 243 Å². The summed E-state index contributed by atoms with van der Waals surface area (Å²) < 4.78 is 16.0. The molecule has 0 amide bonds. The number of hydrogen-bond acceptors (Lipinski definition) is 8. The van der Waals surface area contributed by atoms with Gasteiger partial charge in [-0.3, -0.25) is 0 Å². The molecule has 42 heavy (non-hydrogen) atoms. The second-order valence-electron chi connectivity index (χ2n) is 9.56. The van der Waals surface area contributed by atoms with Crippen molar-refractivity contribution in [2.45, 2.75) is 19.8 Å². The molecular formula is C34H30O8. The van der Waals surface area contributed by atoms with Crippen LogP contribution in [0.15, 0.2) is 78.9 Å². The molecule has 1 aromatic carbocycles. The van der Waals surface area contributed by atoms with Gasteiger partial charge in [0.15, 0.2) is 11.5 Å². The number of benzene rings is 1. The molecule has 0 saturated carbocycles. The van der Waals surface area contributed by atoms with Gasteiger partial charge in [-0.25, -0.2) is 9.59 Å². The number of phenolic OH excluding ortho intramolecular Hbond substituents is 1. The van der Waals surface area contributed by atoms with Crippen molar-refractivity contribution in [2.24, 2.45) is 0 Å². The quantitative estimate of drug-likeness (QED) is 0.181. The van der Waals surface area contributed by atoms with Gasteiger partial charge in [-0.05, 0) is 42.7 Å². The van der Waals surface area contributed by atoms with Crippen LogP contribution in [0.2, 0.25) is 0 Å². The van der Waals surface area contributed by atoms with Crippen LogP contribution in [0.4, 0.5) is 0 Å². The predicted molar refractivity (Wildman–Crippen MR) is 157 cm³/mol. The van der Waals surface area contributed by atoms with Crippen molar-refractivity contribution >= 4 is 11.9 Å². The fraction of sp³-hybridized carbons (Fsp3) is 0.176. The summed E-state index contributed by atoms with van der Waals surface area (Å²) in [7, 11) is 1.41. The number of hydrogen-bond donors (Lipinski definition) is 3. The van der Waals surface area contributed by atoms with Gasteiger partial charge in [0.2, 0.25) is 0 Å². The summed E-state index contributed by atoms with van der Waals surface area (Å²) >= 11 is 0. The lowest BCUT2D eigenvalue weighted by Gasteiger charge is -2.21. The fourth-order valence-corrected chi connectivity index (χ4v) is 5.54. The molecule has 1 aromatic rings. The molecule has 4 aliphatic carbocycles. The highest BCUT2D eigenvalue weighted by atomic mass is 16.5. The van der Waals surface area contributed by atoms with E-state index in [1.165, 1.54) is 13.2 Å². The first-order valence-electron chi connectivity index (χ1n) is 13.5. The van der Waals surface area contributed by atoms with Crippen molar-refractivity contribution in [1.82, 2.24) is 0 Å². The van der Waals surface area contributed by atoms with Crippen molar-refractivity contribution in [3.8, 4) is 45.3 Å². The fourth-order valence-electron chi connectivity index (χ4n) is 5.54. The number of carbonyl (C=O) groups excluding carboxylic acids is 2. The van der Waals surface area contributed by atoms with Gasteiger partial charge in [-0.15, -0.1) is 0 Å². The first-order chi connectivity index (χ1) is 20.3. The molecule has 0 atom stereocenters. The van der Waals surface area contributed by atoms with E-state index in [0.717, 1.165) is 0 Å². The average Bonchev–Trinajstić information content (AvgIpc) is 3.17. The van der Waals surface area contributed by atoms with E-state index in [0.29, 0.717) is 38.9 Å². The highest BCUT2D eigenvalue weighted by Gasteiger charge is 2.39. The van der Waals surface area contributed by atoms with Crippen LogP contribution in [-0.2, 0) is 9.47 Å². The molecule has 0 heterocycles. The van der Waals surface area contributed by atoms with E-state index in [-0.39, 0.29) is 47.3 Å². The molecule has 4 aliphatic rings. The third kappa shape index (κ3) is 4.71. The highest BCUT2D eigenvalue weighted by Crippen LogP contribution is 2.55. The summed E-state index contributed by atoms with van der Waals surface area (Å²) in [5, 5.41) is 34.0. The van der Waals surface area contributed by atoms with E-state index in [2.05, 4.69) is 0 Å². The lowest BCUT2D eigenvalue weighted by molar-refractivity contribution is 0.0514. The Morgan fingerprint density at radius 3 is 1.55 bits per heavy atom. The van der Waals surface area contributed by atoms with Crippen LogP contribution in [-0.4, -0.2) is 47.6 Å². The number of methoxy groups -OCH3 is 1. The van der Waals surface area contributed by atoms with E-state index < -0.39 is 17.9 Å². The van der Waals surface area contributed by atoms with Crippen molar-refractivity contribution < 1.29 is 39.1 Å². The van der Waals surface area contributed by atoms with Crippen molar-refractivity contribution in [2.75, 3.05) is 20.3 Å². The summed E-state index contributed by atoms with van der Waals surface area (Å²) in [6, 6.07) is 22.3. The lowest BCUT2D eigenvalue weighted by atomic mass is 9.82. The van der Waals surface area contributed by atoms with Crippen LogP contribution in [0.1, 0.15) is 57.2 Å². The van der Waals surface area contributed by atoms with Gasteiger partial charge in [0.05, 0.1) is 20.3 Å². The monoisotopic (exact) mass is 566 g/mol. The van der Waals surface area contributed by atoms with E-state index >= 15 is 0 Å². The Kier molecular flexibility index (Phi) is 7.88. The number of aromatic hydroxyl groups is 3. The van der Waals surface area contributed by atoms with Gasteiger partial charge >= 0.3 is 11.9 Å². The van der Waals surface area contributed by atoms with Crippen molar-refractivity contribution in [3.63, 3.8) is 0 Å². The molecule has 0 radical (unpaired) electrons. The van der Waals surface area contributed by atoms with Crippen LogP contribution < -0.4 is 4.74 Å². The molecular weight excluding hydrogens is 536 g/mol. The zero-order valence-corrected chi connectivity index (χ0v) is 23.4. The van der Waals surface area contributed by atoms with E-state index in [4.69, 9.17) is 14.2 Å². The van der Waals surface area contributed by atoms with Crippen molar-refractivity contribution in [1.29, 1.82) is 0 Å². The molecule has 0 saturated heterocycles. The van der Waals surface area contributed by atoms with Gasteiger partial charge in [-0.1, -0.05) is 66.7 Å². The zero-order chi connectivity index (χ0) is 30.0. The summed E-state index contributed by atoms with van der Waals surface area (Å²) in [5.74, 6) is -2.93. The topological polar surface area (TPSA) is 123 Å². The molecule has 0 spiro atoms. The summed E-state index contributed by atoms with van der Waals surface area (Å²) in [6.45, 7) is 3.56. The maximum atomic E-state index is 13.2. The summed E-state index contributed by atoms with van der Waals surface area (Å²) in [6.07, 6.45) is 0. The first-order valence-corrected chi connectivity index (χ1v) is 13.5. The average molecular weight is 567 g/mol. The summed E-state index contributed by atoms with van der Waals surface area (Å²) in [4.78, 5) is 26.4. The van der Waals surface area contributed by atoms with Crippen LogP contribution >= 0.6 is 0 Å². The molecule has 0 aromatic heterocycles. The molecule has 214 valence electrons. The van der Waals surface area contributed by atoms with Crippen LogP contribution in [0, 0.1) is 0 Å². The van der Waals surface area contributed by atoms with Crippen LogP contribution in [0.25, 0.3) is 22.3 Å². The molecule has 0 fully saturated rings. The second kappa shape index (κ2) is 11.7. The van der Waals surface area contributed by atoms with Gasteiger partial charge in [0.25, 0.3) is 0 Å². The lowest BCUT2D eigenvalue weighted by Crippen LogP contribution is -2.06. The maximum absolute atomic E-state index is 13.2. The number of ether oxygens (including phenoxy) is 3. The Balaban J connectivity index is 1.93. The molecule has 0 aliphatic heterocycles. The third-order valence-electron chi connectivity index (χ3n) is 7.25. The maximum Gasteiger partial charge on any atom is 0.342 e. The number of phenols is 1. The molecule has 0 bridgehead atoms. The van der Waals surface area contributed by atoms with Crippen LogP contribution in [0.5, 0.6) is 23.0 Å². The van der Waals surface area contributed by atoms with E-state index in [1.54, 1.807) is 86.6 Å². The minimum Gasteiger partial charge on any atom is -0.507 e. The van der Waals surface area contributed by atoms with Gasteiger partial charge in [0.1, 0.15) is 22.6 Å². The molecule has 0 unspecified atom stereocenters. The van der Waals surface area contributed by atoms with Gasteiger partial charge in [-0.2, -0.15) is 0 Å². The highest BCUT2D eigenvalue weighted by molar-refractivity contribution is 6.06. The molecule has 3 N–H and O–H groups in total. The Morgan fingerprint density at radius 1 is 0.667 bits per heavy atom. The van der Waals surface area contributed by atoms with E-state index in [9.17, 15) is 24.9 Å². The zero-order valence-electron chi connectivity index (χ0n) is 23.4. The standard InChI is InChI=1S/C34H30O8/c1-4-41-33(38)29-22-14-10-6-8-12-20(22)27(31(29)36)26(19-16-17-24(35)25(18-19)40-3)28-21-13-9-7-11-15-23(21)30(32(28)37)34(39)42-5-2/h6-18,26,35-37H,4-5H2,1-3H3. The summed E-state index contributed by atoms with van der Waals surface area (Å²) in [5.41, 5.74) is 3.07. The smallest absolute Gasteiger partial charge is 0.342 e. The molecule has 8 heteroatoms. The third-order valence-corrected chi connectivity index (χ3v) is 7.25. The van der Waals surface area contributed by atoms with Crippen LogP contribution in [0.3, 0.4) is 0 Å². The minimum absolute atomic E-state index is 0.0136. The van der Waals surface area contributed by atoms with Gasteiger partial charge < -0.3 is 29.5 Å². The second-order valence-corrected chi connectivity index (χ2v) is 9.56. The Hall–Kier alpha value is -5.24. The minimum atomic E-state index is -0.944. The Morgan fingerprint density at radius 2 is 1.12 bits per heavy atom. The SMILES string of the molecule is CCOC(=O)c1c2cccccc-2c(C(c2ccc(O)c(OC)c2)c2c3cccccc-3c(C(=O)OCC)c2O)c1O.